The zero-order valence-corrected chi connectivity index (χ0v) is 32.7. The van der Waals surface area contributed by atoms with Gasteiger partial charge in [0.2, 0.25) is 0 Å². The first kappa shape index (κ1) is 32.1. The molecular formula is C54H38N2O2. The van der Waals surface area contributed by atoms with Gasteiger partial charge in [-0.25, -0.2) is 0 Å². The van der Waals surface area contributed by atoms with Crippen LogP contribution in [0.2, 0.25) is 0 Å². The number of rotatable bonds is 2. The molecular weight excluding hydrogens is 709 g/mol. The first-order valence-corrected chi connectivity index (χ1v) is 20.3. The van der Waals surface area contributed by atoms with Crippen molar-refractivity contribution in [2.45, 2.75) is 38.5 Å². The summed E-state index contributed by atoms with van der Waals surface area (Å²) in [5.41, 5.74) is 15.6. The summed E-state index contributed by atoms with van der Waals surface area (Å²) in [6, 6.07) is 57.5. The molecule has 58 heavy (non-hydrogen) atoms. The largest absolute Gasteiger partial charge is 0.456 e. The van der Waals surface area contributed by atoms with Crippen molar-refractivity contribution in [2.24, 2.45) is 0 Å². The molecule has 0 unspecified atom stereocenters. The average Bonchev–Trinajstić information content (AvgIpc) is 3.99. The molecule has 0 N–H and O–H groups in total. The molecule has 4 aromatic heterocycles. The maximum Gasteiger partial charge on any atom is 0.135 e. The quantitative estimate of drug-likeness (QED) is 0.177. The summed E-state index contributed by atoms with van der Waals surface area (Å²) in [5.74, 6) is 0. The minimum Gasteiger partial charge on any atom is -0.456 e. The lowest BCUT2D eigenvalue weighted by molar-refractivity contribution is 0.527. The molecule has 276 valence electrons. The minimum atomic E-state index is -0.349. The molecule has 0 radical (unpaired) electrons. The van der Waals surface area contributed by atoms with Crippen molar-refractivity contribution in [3.8, 4) is 11.4 Å². The summed E-state index contributed by atoms with van der Waals surface area (Å²) in [5, 5.41) is 9.60. The standard InChI is InChI=1S/C54H38N2O2/c1-53(2)41-25-23-38-34-14-6-10-18-44(34)56(32-22-28-48-40(30-32)36-16-8-12-20-46(36)58-48)52(38)50(41)54(3,4)42-26-24-37-33-13-5-9-17-43(33)55(51(37)49(42)53)31-21-27-47-39(29-31)35-15-7-11-19-45(35)57-47/h5-30H,1-4H3. The highest BCUT2D eigenvalue weighted by Crippen LogP contribution is 2.56. The Morgan fingerprint density at radius 3 is 1.17 bits per heavy atom. The number of nitrogens with zero attached hydrogens (tertiary/aromatic N) is 2. The van der Waals surface area contributed by atoms with Gasteiger partial charge >= 0.3 is 0 Å². The third-order valence-electron chi connectivity index (χ3n) is 13.5. The molecule has 0 bridgehead atoms. The molecule has 4 heteroatoms. The number of fused-ring (bicyclic) bond motifs is 16. The van der Waals surface area contributed by atoms with Crippen LogP contribution >= 0.6 is 0 Å². The Balaban J connectivity index is 1.13. The van der Waals surface area contributed by atoms with Gasteiger partial charge in [0.1, 0.15) is 22.3 Å². The summed E-state index contributed by atoms with van der Waals surface area (Å²) in [7, 11) is 0. The topological polar surface area (TPSA) is 36.1 Å². The fraction of sp³-hybridized carbons (Fsp3) is 0.111. The van der Waals surface area contributed by atoms with Crippen LogP contribution in [-0.4, -0.2) is 9.13 Å². The van der Waals surface area contributed by atoms with Crippen molar-refractivity contribution in [2.75, 3.05) is 0 Å². The zero-order chi connectivity index (χ0) is 38.7. The maximum atomic E-state index is 6.31. The highest BCUT2D eigenvalue weighted by molar-refractivity contribution is 6.15. The highest BCUT2D eigenvalue weighted by Gasteiger charge is 2.45. The lowest BCUT2D eigenvalue weighted by atomic mass is 9.59. The Labute approximate surface area is 334 Å². The molecule has 0 atom stereocenters. The fourth-order valence-corrected chi connectivity index (χ4v) is 10.9. The molecule has 0 saturated heterocycles. The maximum absolute atomic E-state index is 6.31. The van der Waals surface area contributed by atoms with Crippen LogP contribution in [0.4, 0.5) is 0 Å². The minimum absolute atomic E-state index is 0.349. The van der Waals surface area contributed by atoms with E-state index in [-0.39, 0.29) is 10.8 Å². The third kappa shape index (κ3) is 3.94. The number of benzene rings is 8. The molecule has 0 saturated carbocycles. The third-order valence-corrected chi connectivity index (χ3v) is 13.5. The molecule has 4 heterocycles. The van der Waals surface area contributed by atoms with Gasteiger partial charge in [0, 0.05) is 65.3 Å². The molecule has 8 aromatic carbocycles. The van der Waals surface area contributed by atoms with Gasteiger partial charge < -0.3 is 18.0 Å². The van der Waals surface area contributed by atoms with Crippen LogP contribution in [0.3, 0.4) is 0 Å². The number of para-hydroxylation sites is 4. The molecule has 0 spiro atoms. The molecule has 12 aromatic rings. The van der Waals surface area contributed by atoms with Gasteiger partial charge in [-0.2, -0.15) is 0 Å². The van der Waals surface area contributed by atoms with Crippen molar-refractivity contribution in [1.82, 2.24) is 9.13 Å². The number of aromatic nitrogens is 2. The van der Waals surface area contributed by atoms with E-state index in [4.69, 9.17) is 8.83 Å². The Morgan fingerprint density at radius 2 is 0.724 bits per heavy atom. The normalized spacial score (nSPS) is 14.8. The van der Waals surface area contributed by atoms with Crippen LogP contribution in [0.25, 0.3) is 98.9 Å². The van der Waals surface area contributed by atoms with Gasteiger partial charge in [0.05, 0.1) is 22.1 Å². The SMILES string of the molecule is CC1(C)c2ccc3c4ccccc4n(-c4ccc5oc6ccccc6c5c4)c3c2C(C)(C)c2ccc3c4ccccc4n(-c4ccc5oc6ccccc6c5c4)c3c21. The van der Waals surface area contributed by atoms with E-state index in [1.165, 1.54) is 65.9 Å². The Hall–Kier alpha value is -7.04. The van der Waals surface area contributed by atoms with E-state index in [9.17, 15) is 0 Å². The molecule has 1 aliphatic rings. The second-order valence-corrected chi connectivity index (χ2v) is 17.3. The van der Waals surface area contributed by atoms with E-state index >= 15 is 0 Å². The molecule has 13 rings (SSSR count). The summed E-state index contributed by atoms with van der Waals surface area (Å²) >= 11 is 0. The van der Waals surface area contributed by atoms with Crippen LogP contribution in [-0.2, 0) is 10.8 Å². The first-order chi connectivity index (χ1) is 28.3. The Bertz CT molecular complexity index is 3500. The fourth-order valence-electron chi connectivity index (χ4n) is 10.9. The highest BCUT2D eigenvalue weighted by atomic mass is 16.3. The van der Waals surface area contributed by atoms with E-state index in [0.29, 0.717) is 0 Å². The van der Waals surface area contributed by atoms with E-state index in [0.717, 1.165) is 55.3 Å². The second kappa shape index (κ2) is 10.9. The average molecular weight is 747 g/mol. The molecule has 1 aliphatic carbocycles. The Kier molecular flexibility index (Phi) is 6.01. The Morgan fingerprint density at radius 1 is 0.345 bits per heavy atom. The number of hydrogen-bond acceptors (Lipinski definition) is 2. The molecule has 0 amide bonds. The molecule has 4 nitrogen and oxygen atoms in total. The molecule has 0 fully saturated rings. The summed E-state index contributed by atoms with van der Waals surface area (Å²) in [6.45, 7) is 9.76. The van der Waals surface area contributed by atoms with Gasteiger partial charge in [-0.3, -0.25) is 0 Å². The second-order valence-electron chi connectivity index (χ2n) is 17.3. The van der Waals surface area contributed by atoms with Crippen LogP contribution < -0.4 is 0 Å². The van der Waals surface area contributed by atoms with Crippen LogP contribution in [0.15, 0.2) is 167 Å². The van der Waals surface area contributed by atoms with Crippen molar-refractivity contribution in [3.63, 3.8) is 0 Å². The predicted octanol–water partition coefficient (Wildman–Crippen LogP) is 14.6. The monoisotopic (exact) mass is 746 g/mol. The van der Waals surface area contributed by atoms with E-state index in [1.54, 1.807) is 0 Å². The van der Waals surface area contributed by atoms with Gasteiger partial charge in [0.25, 0.3) is 0 Å². The van der Waals surface area contributed by atoms with Gasteiger partial charge in [-0.15, -0.1) is 0 Å². The smallest absolute Gasteiger partial charge is 0.135 e. The summed E-state index contributed by atoms with van der Waals surface area (Å²) < 4.78 is 17.7. The summed E-state index contributed by atoms with van der Waals surface area (Å²) in [4.78, 5) is 0. The summed E-state index contributed by atoms with van der Waals surface area (Å²) in [6.07, 6.45) is 0. The van der Waals surface area contributed by atoms with Crippen molar-refractivity contribution < 1.29 is 8.83 Å². The van der Waals surface area contributed by atoms with E-state index in [1.807, 2.05) is 12.1 Å². The van der Waals surface area contributed by atoms with Crippen molar-refractivity contribution in [3.05, 3.63) is 180 Å². The molecule has 0 aliphatic heterocycles. The zero-order valence-electron chi connectivity index (χ0n) is 32.7. The van der Waals surface area contributed by atoms with E-state index in [2.05, 4.69) is 182 Å². The van der Waals surface area contributed by atoms with Gasteiger partial charge in [0.15, 0.2) is 0 Å². The van der Waals surface area contributed by atoms with Crippen LogP contribution in [0.5, 0.6) is 0 Å². The number of furan rings is 2. The number of hydrogen-bond donors (Lipinski definition) is 0. The van der Waals surface area contributed by atoms with E-state index < -0.39 is 0 Å². The van der Waals surface area contributed by atoms with Crippen molar-refractivity contribution in [1.29, 1.82) is 0 Å². The lowest BCUT2D eigenvalue weighted by Gasteiger charge is -2.45. The first-order valence-electron chi connectivity index (χ1n) is 20.3. The predicted molar refractivity (Wildman–Crippen MR) is 240 cm³/mol. The van der Waals surface area contributed by atoms with Crippen LogP contribution in [0, 0.1) is 0 Å². The van der Waals surface area contributed by atoms with Gasteiger partial charge in [-0.05, 0) is 82.9 Å². The van der Waals surface area contributed by atoms with Gasteiger partial charge in [-0.1, -0.05) is 125 Å². The van der Waals surface area contributed by atoms with Crippen molar-refractivity contribution >= 4 is 87.5 Å². The lowest BCUT2D eigenvalue weighted by Crippen LogP contribution is -2.37. The van der Waals surface area contributed by atoms with Crippen LogP contribution in [0.1, 0.15) is 49.9 Å².